The summed E-state index contributed by atoms with van der Waals surface area (Å²) in [6.45, 7) is 1.43. The van der Waals surface area contributed by atoms with Gasteiger partial charge in [-0.05, 0) is 37.3 Å². The number of hydrazone groups is 1. The molecule has 0 spiro atoms. The van der Waals surface area contributed by atoms with Gasteiger partial charge in [0.15, 0.2) is 18.1 Å². The van der Waals surface area contributed by atoms with Gasteiger partial charge in [-0.1, -0.05) is 23.7 Å². The molecule has 0 aliphatic carbocycles. The molecule has 126 valence electrons. The second-order valence-corrected chi connectivity index (χ2v) is 5.20. The number of benzene rings is 2. The number of nitrogens with zero attached hydrogens (tertiary/aromatic N) is 1. The molecule has 1 N–H and O–H groups in total. The van der Waals surface area contributed by atoms with Crippen LogP contribution in [0.3, 0.4) is 0 Å². The van der Waals surface area contributed by atoms with E-state index in [4.69, 9.17) is 21.1 Å². The number of carbonyl (C=O) groups is 1. The second-order valence-electron chi connectivity index (χ2n) is 4.80. The Balaban J connectivity index is 1.94. The van der Waals surface area contributed by atoms with Gasteiger partial charge in [0.25, 0.3) is 5.91 Å². The predicted molar refractivity (Wildman–Crippen MR) is 90.3 cm³/mol. The highest BCUT2D eigenvalue weighted by molar-refractivity contribution is 6.34. The number of para-hydroxylation sites is 2. The molecule has 24 heavy (non-hydrogen) atoms. The first-order valence-electron chi connectivity index (χ1n) is 7.05. The molecule has 0 bridgehead atoms. The maximum atomic E-state index is 13.0. The van der Waals surface area contributed by atoms with Gasteiger partial charge in [0.2, 0.25) is 0 Å². The summed E-state index contributed by atoms with van der Waals surface area (Å²) in [4.78, 5) is 11.8. The average molecular weight is 351 g/mol. The maximum absolute atomic E-state index is 13.0. The Hall–Kier alpha value is -2.60. The molecule has 0 fully saturated rings. The Morgan fingerprint density at radius 3 is 2.62 bits per heavy atom. The summed E-state index contributed by atoms with van der Waals surface area (Å²) < 4.78 is 23.5. The third-order valence-corrected chi connectivity index (χ3v) is 3.41. The first kappa shape index (κ1) is 17.7. The number of hydrogen-bond donors (Lipinski definition) is 1. The van der Waals surface area contributed by atoms with Crippen molar-refractivity contribution >= 4 is 23.2 Å². The Morgan fingerprint density at radius 1 is 1.25 bits per heavy atom. The molecule has 0 unspecified atom stereocenters. The van der Waals surface area contributed by atoms with E-state index in [1.54, 1.807) is 31.2 Å². The van der Waals surface area contributed by atoms with Gasteiger partial charge >= 0.3 is 0 Å². The monoisotopic (exact) mass is 350 g/mol. The van der Waals surface area contributed by atoms with E-state index in [0.29, 0.717) is 22.8 Å². The van der Waals surface area contributed by atoms with Gasteiger partial charge in [0, 0.05) is 5.56 Å². The van der Waals surface area contributed by atoms with Crippen LogP contribution >= 0.6 is 11.6 Å². The molecular formula is C17H16ClFN2O3. The van der Waals surface area contributed by atoms with Crippen molar-refractivity contribution in [1.82, 2.24) is 5.43 Å². The molecule has 0 saturated carbocycles. The number of nitrogens with one attached hydrogen (secondary N) is 1. The first-order valence-corrected chi connectivity index (χ1v) is 7.43. The lowest BCUT2D eigenvalue weighted by Gasteiger charge is -2.09. The lowest BCUT2D eigenvalue weighted by Crippen LogP contribution is -2.25. The van der Waals surface area contributed by atoms with Crippen LogP contribution in [0, 0.1) is 5.82 Å². The number of carbonyl (C=O) groups excluding carboxylic acids is 1. The molecule has 0 heterocycles. The number of amides is 1. The summed E-state index contributed by atoms with van der Waals surface area (Å²) in [6.07, 6.45) is 0. The fourth-order valence-corrected chi connectivity index (χ4v) is 2.21. The van der Waals surface area contributed by atoms with Crippen LogP contribution in [0.4, 0.5) is 4.39 Å². The van der Waals surface area contributed by atoms with E-state index in [9.17, 15) is 9.18 Å². The Kier molecular flexibility index (Phi) is 6.14. The summed E-state index contributed by atoms with van der Waals surface area (Å²) in [7, 11) is 1.52. The van der Waals surface area contributed by atoms with Crippen LogP contribution in [-0.2, 0) is 4.79 Å². The van der Waals surface area contributed by atoms with Crippen LogP contribution < -0.4 is 14.9 Å². The van der Waals surface area contributed by atoms with E-state index in [-0.39, 0.29) is 11.6 Å². The van der Waals surface area contributed by atoms with Crippen molar-refractivity contribution in [3.63, 3.8) is 0 Å². The Bertz CT molecular complexity index is 765. The minimum absolute atomic E-state index is 0.218. The van der Waals surface area contributed by atoms with Crippen LogP contribution in [0.1, 0.15) is 12.5 Å². The summed E-state index contributed by atoms with van der Waals surface area (Å²) in [5, 5.41) is 4.16. The standard InChI is InChI=1S/C17H16ClFN2O3/c1-11(13-8-7-12(19)9-14(13)18)20-21-17(22)10-24-16-6-4-3-5-15(16)23-2/h3-9H,10H2,1-2H3,(H,21,22)/b20-11-. The maximum Gasteiger partial charge on any atom is 0.277 e. The van der Waals surface area contributed by atoms with Crippen molar-refractivity contribution in [2.75, 3.05) is 13.7 Å². The zero-order chi connectivity index (χ0) is 17.5. The highest BCUT2D eigenvalue weighted by atomic mass is 35.5. The third-order valence-electron chi connectivity index (χ3n) is 3.10. The molecule has 7 heteroatoms. The quantitative estimate of drug-likeness (QED) is 0.641. The van der Waals surface area contributed by atoms with Crippen LogP contribution in [0.5, 0.6) is 11.5 Å². The molecule has 2 aromatic rings. The van der Waals surface area contributed by atoms with Crippen molar-refractivity contribution in [2.45, 2.75) is 6.92 Å². The van der Waals surface area contributed by atoms with Crippen LogP contribution in [0.15, 0.2) is 47.6 Å². The van der Waals surface area contributed by atoms with Gasteiger partial charge in [-0.15, -0.1) is 0 Å². The topological polar surface area (TPSA) is 59.9 Å². The van der Waals surface area contributed by atoms with Crippen molar-refractivity contribution in [2.24, 2.45) is 5.10 Å². The summed E-state index contributed by atoms with van der Waals surface area (Å²) >= 11 is 5.94. The van der Waals surface area contributed by atoms with Crippen LogP contribution in [0.2, 0.25) is 5.02 Å². The molecule has 1 amide bonds. The lowest BCUT2D eigenvalue weighted by atomic mass is 10.1. The van der Waals surface area contributed by atoms with Gasteiger partial charge in [0.05, 0.1) is 17.8 Å². The Labute approximate surface area is 144 Å². The van der Waals surface area contributed by atoms with Crippen LogP contribution in [-0.4, -0.2) is 25.3 Å². The molecule has 0 saturated heterocycles. The van der Waals surface area contributed by atoms with Gasteiger partial charge < -0.3 is 9.47 Å². The van der Waals surface area contributed by atoms with Crippen molar-refractivity contribution < 1.29 is 18.7 Å². The highest BCUT2D eigenvalue weighted by Gasteiger charge is 2.08. The number of halogens is 2. The molecule has 5 nitrogen and oxygen atoms in total. The van der Waals surface area contributed by atoms with Gasteiger partial charge in [-0.2, -0.15) is 5.10 Å². The molecule has 2 rings (SSSR count). The summed E-state index contributed by atoms with van der Waals surface area (Å²) in [6, 6.07) is 10.9. The minimum Gasteiger partial charge on any atom is -0.493 e. The van der Waals surface area contributed by atoms with Crippen LogP contribution in [0.25, 0.3) is 0 Å². The zero-order valence-corrected chi connectivity index (χ0v) is 13.9. The third kappa shape index (κ3) is 4.70. The number of rotatable bonds is 6. The van der Waals surface area contributed by atoms with E-state index in [0.717, 1.165) is 0 Å². The van der Waals surface area contributed by atoms with Crippen molar-refractivity contribution in [1.29, 1.82) is 0 Å². The second kappa shape index (κ2) is 8.31. The first-order chi connectivity index (χ1) is 11.5. The number of methoxy groups -OCH3 is 1. The van der Waals surface area contributed by atoms with E-state index in [2.05, 4.69) is 10.5 Å². The molecule has 2 aromatic carbocycles. The van der Waals surface area contributed by atoms with Crippen molar-refractivity contribution in [3.8, 4) is 11.5 Å². The Morgan fingerprint density at radius 2 is 1.96 bits per heavy atom. The van der Waals surface area contributed by atoms with E-state index in [1.165, 1.54) is 25.3 Å². The van der Waals surface area contributed by atoms with Gasteiger partial charge in [0.1, 0.15) is 5.82 Å². The zero-order valence-electron chi connectivity index (χ0n) is 13.2. The fraction of sp³-hybridized carbons (Fsp3) is 0.176. The average Bonchev–Trinajstić information content (AvgIpc) is 2.58. The minimum atomic E-state index is -0.446. The van der Waals surface area contributed by atoms with E-state index < -0.39 is 11.7 Å². The summed E-state index contributed by atoms with van der Waals surface area (Å²) in [5.74, 6) is 0.102. The molecule has 0 aliphatic rings. The number of hydrogen-bond acceptors (Lipinski definition) is 4. The SMILES string of the molecule is COc1ccccc1OCC(=O)N/N=C(/C)c1ccc(F)cc1Cl. The largest absolute Gasteiger partial charge is 0.493 e. The molecule has 0 radical (unpaired) electrons. The number of ether oxygens (including phenoxy) is 2. The highest BCUT2D eigenvalue weighted by Crippen LogP contribution is 2.25. The normalized spacial score (nSPS) is 11.1. The van der Waals surface area contributed by atoms with E-state index >= 15 is 0 Å². The molecule has 0 aliphatic heterocycles. The lowest BCUT2D eigenvalue weighted by molar-refractivity contribution is -0.123. The van der Waals surface area contributed by atoms with Crippen molar-refractivity contribution in [3.05, 3.63) is 58.9 Å². The van der Waals surface area contributed by atoms with E-state index in [1.807, 2.05) is 0 Å². The summed E-state index contributed by atoms with van der Waals surface area (Å²) in [5.41, 5.74) is 3.34. The predicted octanol–water partition coefficient (Wildman–Crippen LogP) is 3.41. The fourth-order valence-electron chi connectivity index (χ4n) is 1.90. The smallest absolute Gasteiger partial charge is 0.277 e. The molecular weight excluding hydrogens is 335 g/mol. The molecule has 0 atom stereocenters. The van der Waals surface area contributed by atoms with Gasteiger partial charge in [-0.25, -0.2) is 9.82 Å². The molecule has 0 aromatic heterocycles. The van der Waals surface area contributed by atoms with Gasteiger partial charge in [-0.3, -0.25) is 4.79 Å².